The zero-order valence-corrected chi connectivity index (χ0v) is 11.8. The van der Waals surface area contributed by atoms with Crippen molar-refractivity contribution in [3.8, 4) is 6.07 Å². The number of para-hydroxylation sites is 1. The van der Waals surface area contributed by atoms with E-state index in [1.807, 2.05) is 19.9 Å². The fourth-order valence-corrected chi connectivity index (χ4v) is 2.64. The minimum Gasteiger partial charge on any atom is -0.364 e. The smallest absolute Gasteiger partial charge is 0.279 e. The van der Waals surface area contributed by atoms with E-state index < -0.39 is 0 Å². The molecule has 1 aliphatic rings. The number of rotatable bonds is 3. The Morgan fingerprint density at radius 2 is 2.05 bits per heavy atom. The number of hydrogen-bond donors (Lipinski definition) is 2. The Kier molecular flexibility index (Phi) is 4.72. The number of nitrogens with one attached hydrogen (secondary N) is 2. The van der Waals surface area contributed by atoms with Gasteiger partial charge in [0.15, 0.2) is 6.54 Å². The summed E-state index contributed by atoms with van der Waals surface area (Å²) < 4.78 is 5.66. The van der Waals surface area contributed by atoms with Gasteiger partial charge in [0.25, 0.3) is 5.91 Å². The van der Waals surface area contributed by atoms with Crippen LogP contribution in [-0.4, -0.2) is 37.7 Å². The van der Waals surface area contributed by atoms with Crippen molar-refractivity contribution in [3.63, 3.8) is 0 Å². The standard InChI is InChI=1S/C15H19N3O2/c1-11-8-18(9-12(2)20-11)10-15(19)17-14-6-4-3-5-13(14)7-16/h3-6,11-12H,8-10H2,1-2H3,(H,17,19)/p+1/t11-,12-/m0/s1. The molecule has 0 unspecified atom stereocenters. The molecule has 1 fully saturated rings. The summed E-state index contributed by atoms with van der Waals surface area (Å²) in [5.41, 5.74) is 1.06. The number of nitrogens with zero attached hydrogens (tertiary/aromatic N) is 1. The van der Waals surface area contributed by atoms with Crippen molar-refractivity contribution < 1.29 is 14.4 Å². The number of hydrogen-bond acceptors (Lipinski definition) is 3. The van der Waals surface area contributed by atoms with Crippen molar-refractivity contribution in [2.24, 2.45) is 0 Å². The third-order valence-electron chi connectivity index (χ3n) is 3.35. The van der Waals surface area contributed by atoms with Crippen LogP contribution in [0.15, 0.2) is 24.3 Å². The molecule has 20 heavy (non-hydrogen) atoms. The average Bonchev–Trinajstić information content (AvgIpc) is 2.37. The van der Waals surface area contributed by atoms with Crippen LogP contribution in [0.1, 0.15) is 19.4 Å². The molecule has 1 aromatic carbocycles. The molecule has 0 radical (unpaired) electrons. The Morgan fingerprint density at radius 1 is 1.40 bits per heavy atom. The molecule has 1 aromatic rings. The second-order valence-corrected chi connectivity index (χ2v) is 5.30. The van der Waals surface area contributed by atoms with Crippen molar-refractivity contribution in [2.45, 2.75) is 26.1 Å². The monoisotopic (exact) mass is 274 g/mol. The summed E-state index contributed by atoms with van der Waals surface area (Å²) in [5.74, 6) is -0.0657. The van der Waals surface area contributed by atoms with Gasteiger partial charge in [-0.25, -0.2) is 0 Å². The molecule has 0 bridgehead atoms. The van der Waals surface area contributed by atoms with E-state index in [0.29, 0.717) is 17.8 Å². The molecule has 0 saturated carbocycles. The van der Waals surface area contributed by atoms with Crippen LogP contribution in [-0.2, 0) is 9.53 Å². The predicted octanol–water partition coefficient (Wildman–Crippen LogP) is 0.189. The van der Waals surface area contributed by atoms with Crippen molar-refractivity contribution in [1.82, 2.24) is 0 Å². The molecule has 2 N–H and O–H groups in total. The van der Waals surface area contributed by atoms with Crippen LogP contribution in [0.4, 0.5) is 5.69 Å². The summed E-state index contributed by atoms with van der Waals surface area (Å²) in [4.78, 5) is 13.3. The van der Waals surface area contributed by atoms with Gasteiger partial charge in [-0.3, -0.25) is 4.79 Å². The van der Waals surface area contributed by atoms with E-state index in [0.717, 1.165) is 13.1 Å². The molecule has 1 aliphatic heterocycles. The lowest BCUT2D eigenvalue weighted by molar-refractivity contribution is -0.907. The molecule has 2 rings (SSSR count). The van der Waals surface area contributed by atoms with Crippen molar-refractivity contribution in [3.05, 3.63) is 29.8 Å². The number of ether oxygens (including phenoxy) is 1. The lowest BCUT2D eigenvalue weighted by Gasteiger charge is -2.31. The summed E-state index contributed by atoms with van der Waals surface area (Å²) in [5, 5.41) is 11.8. The fourth-order valence-electron chi connectivity index (χ4n) is 2.64. The molecule has 5 nitrogen and oxygen atoms in total. The summed E-state index contributed by atoms with van der Waals surface area (Å²) in [6, 6.07) is 9.11. The van der Waals surface area contributed by atoms with Crippen LogP contribution in [0.5, 0.6) is 0 Å². The van der Waals surface area contributed by atoms with Gasteiger partial charge in [0, 0.05) is 0 Å². The third kappa shape index (κ3) is 3.80. The van der Waals surface area contributed by atoms with E-state index in [9.17, 15) is 4.79 Å². The molecular weight excluding hydrogens is 254 g/mol. The van der Waals surface area contributed by atoms with Crippen molar-refractivity contribution in [2.75, 3.05) is 25.0 Å². The highest BCUT2D eigenvalue weighted by Crippen LogP contribution is 2.12. The van der Waals surface area contributed by atoms with Crippen molar-refractivity contribution in [1.29, 1.82) is 5.26 Å². The van der Waals surface area contributed by atoms with E-state index in [2.05, 4.69) is 11.4 Å². The number of quaternary nitrogens is 1. The van der Waals surface area contributed by atoms with E-state index in [-0.39, 0.29) is 18.1 Å². The zero-order valence-electron chi connectivity index (χ0n) is 11.8. The first-order chi connectivity index (χ1) is 9.58. The number of benzene rings is 1. The molecule has 0 aliphatic carbocycles. The van der Waals surface area contributed by atoms with Crippen LogP contribution in [0.25, 0.3) is 0 Å². The maximum absolute atomic E-state index is 12.1. The molecular formula is C15H20N3O2+. The van der Waals surface area contributed by atoms with Crippen molar-refractivity contribution >= 4 is 11.6 Å². The van der Waals surface area contributed by atoms with Crippen LogP contribution in [0.2, 0.25) is 0 Å². The van der Waals surface area contributed by atoms with Crippen LogP contribution < -0.4 is 10.2 Å². The van der Waals surface area contributed by atoms with E-state index in [4.69, 9.17) is 10.00 Å². The Labute approximate surface area is 119 Å². The Balaban J connectivity index is 1.94. The molecule has 106 valence electrons. The maximum Gasteiger partial charge on any atom is 0.279 e. The molecule has 1 saturated heterocycles. The van der Waals surface area contributed by atoms with Gasteiger partial charge >= 0.3 is 0 Å². The first-order valence-corrected chi connectivity index (χ1v) is 6.86. The quantitative estimate of drug-likeness (QED) is 0.827. The highest BCUT2D eigenvalue weighted by molar-refractivity contribution is 5.92. The van der Waals surface area contributed by atoms with Crippen LogP contribution >= 0.6 is 0 Å². The van der Waals surface area contributed by atoms with E-state index >= 15 is 0 Å². The van der Waals surface area contributed by atoms with Gasteiger partial charge < -0.3 is 15.0 Å². The molecule has 1 heterocycles. The maximum atomic E-state index is 12.1. The third-order valence-corrected chi connectivity index (χ3v) is 3.35. The normalized spacial score (nSPS) is 25.8. The van der Waals surface area contributed by atoms with Gasteiger partial charge in [-0.1, -0.05) is 12.1 Å². The number of morpholine rings is 1. The SMILES string of the molecule is C[C@H]1C[NH+](CC(=O)Nc2ccccc2C#N)C[C@H](C)O1. The Morgan fingerprint density at radius 3 is 2.70 bits per heavy atom. The number of carbonyl (C=O) groups excluding carboxylic acids is 1. The first kappa shape index (κ1) is 14.5. The van der Waals surface area contributed by atoms with E-state index in [1.54, 1.807) is 18.2 Å². The molecule has 0 spiro atoms. The van der Waals surface area contributed by atoms with Gasteiger partial charge in [-0.15, -0.1) is 0 Å². The van der Waals surface area contributed by atoms with Crippen LogP contribution in [0, 0.1) is 11.3 Å². The second kappa shape index (κ2) is 6.51. The minimum atomic E-state index is -0.0657. The summed E-state index contributed by atoms with van der Waals surface area (Å²) in [6.07, 6.45) is 0.348. The summed E-state index contributed by atoms with van der Waals surface area (Å²) >= 11 is 0. The highest BCUT2D eigenvalue weighted by Gasteiger charge is 2.27. The predicted molar refractivity (Wildman–Crippen MR) is 75.4 cm³/mol. The lowest BCUT2D eigenvalue weighted by atomic mass is 10.2. The molecule has 5 heteroatoms. The lowest BCUT2D eigenvalue weighted by Crippen LogP contribution is -3.16. The second-order valence-electron chi connectivity index (χ2n) is 5.30. The zero-order chi connectivity index (χ0) is 14.5. The molecule has 1 amide bonds. The fraction of sp³-hybridized carbons (Fsp3) is 0.467. The largest absolute Gasteiger partial charge is 0.364 e. The van der Waals surface area contributed by atoms with Gasteiger partial charge in [0.05, 0.1) is 11.3 Å². The Bertz CT molecular complexity index is 514. The topological polar surface area (TPSA) is 66.6 Å². The average molecular weight is 274 g/mol. The number of carbonyl (C=O) groups is 1. The van der Waals surface area contributed by atoms with Gasteiger partial charge in [0.1, 0.15) is 31.4 Å². The summed E-state index contributed by atoms with van der Waals surface area (Å²) in [6.45, 7) is 6.12. The highest BCUT2D eigenvalue weighted by atomic mass is 16.5. The first-order valence-electron chi connectivity index (χ1n) is 6.86. The van der Waals surface area contributed by atoms with Crippen LogP contribution in [0.3, 0.4) is 0 Å². The van der Waals surface area contributed by atoms with Gasteiger partial charge in [0.2, 0.25) is 0 Å². The molecule has 2 atom stereocenters. The summed E-state index contributed by atoms with van der Waals surface area (Å²) in [7, 11) is 0. The van der Waals surface area contributed by atoms with E-state index in [1.165, 1.54) is 4.90 Å². The van der Waals surface area contributed by atoms with Gasteiger partial charge in [-0.2, -0.15) is 5.26 Å². The number of anilines is 1. The van der Waals surface area contributed by atoms with Gasteiger partial charge in [-0.05, 0) is 26.0 Å². The number of nitriles is 1. The number of amides is 1. The minimum absolute atomic E-state index is 0.0657. The Hall–Kier alpha value is -1.90. The molecule has 0 aromatic heterocycles.